The molecule has 10 nitrogen and oxygen atoms in total. The molecule has 0 saturated carbocycles. The number of nitrogen functional groups attached to an aromatic ring is 1. The van der Waals surface area contributed by atoms with Crippen LogP contribution in [0.25, 0.3) is 0 Å². The topological polar surface area (TPSA) is 170 Å². The number of carboxylic acid groups (broad SMARTS) is 1. The number of carboxylic acids is 1. The Hall–Kier alpha value is -3.95. The summed E-state index contributed by atoms with van der Waals surface area (Å²) in [6, 6.07) is 8.21. The van der Waals surface area contributed by atoms with Crippen molar-refractivity contribution in [2.24, 2.45) is 5.73 Å². The van der Waals surface area contributed by atoms with Crippen molar-refractivity contribution in [2.45, 2.75) is 31.8 Å². The molecule has 0 bridgehead atoms. The Morgan fingerprint density at radius 2 is 1.87 bits per heavy atom. The number of hydrogen-bond acceptors (Lipinski definition) is 5. The Balaban J connectivity index is 2.03. The van der Waals surface area contributed by atoms with E-state index in [0.29, 0.717) is 16.8 Å². The molecule has 0 saturated heterocycles. The Labute approximate surface area is 173 Å². The molecule has 0 aliphatic heterocycles. The van der Waals surface area contributed by atoms with Crippen LogP contribution in [-0.2, 0) is 9.59 Å². The molecule has 0 aliphatic carbocycles. The fourth-order valence-electron chi connectivity index (χ4n) is 2.58. The first-order valence-electron chi connectivity index (χ1n) is 9.05. The predicted molar refractivity (Wildman–Crippen MR) is 111 cm³/mol. The summed E-state index contributed by atoms with van der Waals surface area (Å²) in [5.74, 6) is -1.73. The minimum absolute atomic E-state index is 0.0895. The molecule has 30 heavy (non-hydrogen) atoms. The molecule has 1 aromatic carbocycles. The molecule has 1 unspecified atom stereocenters. The van der Waals surface area contributed by atoms with E-state index in [4.69, 9.17) is 16.2 Å². The molecule has 2 rings (SSSR count). The Morgan fingerprint density at radius 3 is 2.40 bits per heavy atom. The lowest BCUT2D eigenvalue weighted by Crippen LogP contribution is -2.56. The summed E-state index contributed by atoms with van der Waals surface area (Å²) < 4.78 is 0. The fraction of sp³-hybridized carbons (Fsp3) is 0.250. The zero-order valence-corrected chi connectivity index (χ0v) is 16.6. The van der Waals surface area contributed by atoms with E-state index in [-0.39, 0.29) is 12.3 Å². The maximum Gasteiger partial charge on any atom is 0.320 e. The van der Waals surface area contributed by atoms with Crippen LogP contribution in [-0.4, -0.2) is 39.4 Å². The summed E-state index contributed by atoms with van der Waals surface area (Å²) in [5.41, 5.74) is 5.57. The van der Waals surface area contributed by atoms with E-state index in [0.717, 1.165) is 0 Å². The van der Waals surface area contributed by atoms with E-state index in [9.17, 15) is 14.4 Å². The molecule has 3 amide bonds. The highest BCUT2D eigenvalue weighted by molar-refractivity contribution is 5.97. The van der Waals surface area contributed by atoms with Crippen molar-refractivity contribution in [1.29, 1.82) is 5.41 Å². The van der Waals surface area contributed by atoms with Crippen LogP contribution in [0.4, 0.5) is 10.5 Å². The van der Waals surface area contributed by atoms with E-state index < -0.39 is 29.5 Å². The number of nitrogens with two attached hydrogens (primary N) is 1. The number of rotatable bonds is 8. The number of pyridine rings is 1. The molecule has 0 radical (unpaired) electrons. The SMILES string of the molecule is CC(C)(NC(=O)Nc1ccc(C(=N)N)cc1)C(=O)NC(CC(=O)O)c1cccnc1. The summed E-state index contributed by atoms with van der Waals surface area (Å²) in [6.45, 7) is 3.00. The van der Waals surface area contributed by atoms with Gasteiger partial charge >= 0.3 is 12.0 Å². The minimum atomic E-state index is -1.33. The maximum atomic E-state index is 12.7. The van der Waals surface area contributed by atoms with Crippen molar-refractivity contribution in [3.05, 3.63) is 59.9 Å². The number of urea groups is 1. The van der Waals surface area contributed by atoms with E-state index in [1.54, 1.807) is 42.6 Å². The van der Waals surface area contributed by atoms with Gasteiger partial charge in [-0.15, -0.1) is 0 Å². The number of amidine groups is 1. The van der Waals surface area contributed by atoms with Gasteiger partial charge in [0.1, 0.15) is 11.4 Å². The van der Waals surface area contributed by atoms with Gasteiger partial charge in [0.15, 0.2) is 0 Å². The van der Waals surface area contributed by atoms with Gasteiger partial charge in [0.05, 0.1) is 12.5 Å². The Kier molecular flexibility index (Phi) is 7.08. The highest BCUT2D eigenvalue weighted by Gasteiger charge is 2.32. The summed E-state index contributed by atoms with van der Waals surface area (Å²) in [4.78, 5) is 40.2. The van der Waals surface area contributed by atoms with Crippen LogP contribution in [0.15, 0.2) is 48.8 Å². The van der Waals surface area contributed by atoms with Gasteiger partial charge in [-0.25, -0.2) is 4.79 Å². The van der Waals surface area contributed by atoms with Crippen LogP contribution in [0.5, 0.6) is 0 Å². The number of carbonyl (C=O) groups excluding carboxylic acids is 2. The maximum absolute atomic E-state index is 12.7. The molecule has 1 aromatic heterocycles. The van der Waals surface area contributed by atoms with Gasteiger partial charge in [0.25, 0.3) is 0 Å². The lowest BCUT2D eigenvalue weighted by molar-refractivity contribution is -0.138. The number of carbonyl (C=O) groups is 3. The van der Waals surface area contributed by atoms with E-state index in [2.05, 4.69) is 20.9 Å². The highest BCUT2D eigenvalue weighted by atomic mass is 16.4. The molecule has 0 spiro atoms. The molecule has 10 heteroatoms. The van der Waals surface area contributed by atoms with Gasteiger partial charge < -0.3 is 26.8 Å². The van der Waals surface area contributed by atoms with Crippen LogP contribution in [0, 0.1) is 5.41 Å². The van der Waals surface area contributed by atoms with Crippen molar-refractivity contribution in [1.82, 2.24) is 15.6 Å². The van der Waals surface area contributed by atoms with Crippen LogP contribution in [0.3, 0.4) is 0 Å². The zero-order chi connectivity index (χ0) is 22.3. The Morgan fingerprint density at radius 1 is 1.20 bits per heavy atom. The quantitative estimate of drug-likeness (QED) is 0.284. The average Bonchev–Trinajstić information content (AvgIpc) is 2.67. The second-order valence-corrected chi connectivity index (χ2v) is 7.11. The Bertz CT molecular complexity index is 928. The first-order chi connectivity index (χ1) is 14.1. The molecule has 7 N–H and O–H groups in total. The van der Waals surface area contributed by atoms with Crippen LogP contribution in [0.2, 0.25) is 0 Å². The largest absolute Gasteiger partial charge is 0.481 e. The third-order valence-electron chi connectivity index (χ3n) is 4.22. The number of aliphatic carboxylic acids is 1. The predicted octanol–water partition coefficient (Wildman–Crippen LogP) is 1.60. The lowest BCUT2D eigenvalue weighted by atomic mass is 10.0. The second-order valence-electron chi connectivity index (χ2n) is 7.11. The van der Waals surface area contributed by atoms with Crippen LogP contribution in [0.1, 0.15) is 37.4 Å². The third kappa shape index (κ3) is 6.30. The van der Waals surface area contributed by atoms with Crippen molar-refractivity contribution >= 4 is 29.4 Å². The molecule has 0 fully saturated rings. The van der Waals surface area contributed by atoms with Crippen molar-refractivity contribution in [3.63, 3.8) is 0 Å². The average molecular weight is 412 g/mol. The van der Waals surface area contributed by atoms with E-state index in [1.807, 2.05) is 0 Å². The number of benzene rings is 1. The first kappa shape index (κ1) is 22.3. The minimum Gasteiger partial charge on any atom is -0.481 e. The summed E-state index contributed by atoms with van der Waals surface area (Å²) in [5, 5.41) is 24.3. The summed E-state index contributed by atoms with van der Waals surface area (Å²) in [7, 11) is 0. The molecule has 1 atom stereocenters. The number of anilines is 1. The lowest BCUT2D eigenvalue weighted by Gasteiger charge is -2.28. The normalized spacial score (nSPS) is 11.8. The van der Waals surface area contributed by atoms with Crippen LogP contribution < -0.4 is 21.7 Å². The smallest absolute Gasteiger partial charge is 0.320 e. The molecular formula is C20H24N6O4. The van der Waals surface area contributed by atoms with Gasteiger partial charge in [-0.1, -0.05) is 6.07 Å². The molecular weight excluding hydrogens is 388 g/mol. The standard InChI is InChI=1S/C20H24N6O4/c1-20(2,26-19(30)24-14-7-5-12(6-8-14)17(21)22)18(29)25-15(10-16(27)28)13-4-3-9-23-11-13/h3-9,11,15H,10H2,1-2H3,(H3,21,22)(H,25,29)(H,27,28)(H2,24,26,30). The number of nitrogens with zero attached hydrogens (tertiary/aromatic N) is 1. The summed E-state index contributed by atoms with van der Waals surface area (Å²) >= 11 is 0. The van der Waals surface area contributed by atoms with Crippen LogP contribution >= 0.6 is 0 Å². The van der Waals surface area contributed by atoms with Crippen molar-refractivity contribution in [3.8, 4) is 0 Å². The van der Waals surface area contributed by atoms with E-state index in [1.165, 1.54) is 20.0 Å². The van der Waals surface area contributed by atoms with Gasteiger partial charge in [0.2, 0.25) is 5.91 Å². The number of hydrogen-bond donors (Lipinski definition) is 6. The third-order valence-corrected chi connectivity index (χ3v) is 4.22. The molecule has 1 heterocycles. The number of aromatic nitrogens is 1. The molecule has 0 aliphatic rings. The fourth-order valence-corrected chi connectivity index (χ4v) is 2.58. The monoisotopic (exact) mass is 412 g/mol. The van der Waals surface area contributed by atoms with E-state index >= 15 is 0 Å². The van der Waals surface area contributed by atoms with Gasteiger partial charge in [0, 0.05) is 23.6 Å². The van der Waals surface area contributed by atoms with Crippen molar-refractivity contribution < 1.29 is 19.5 Å². The zero-order valence-electron chi connectivity index (χ0n) is 16.6. The van der Waals surface area contributed by atoms with Gasteiger partial charge in [-0.05, 0) is 49.7 Å². The molecule has 2 aromatic rings. The second kappa shape index (κ2) is 9.50. The van der Waals surface area contributed by atoms with Gasteiger partial charge in [-0.3, -0.25) is 20.0 Å². The summed E-state index contributed by atoms with van der Waals surface area (Å²) in [6.07, 6.45) is 2.69. The molecule has 158 valence electrons. The highest BCUT2D eigenvalue weighted by Crippen LogP contribution is 2.17. The van der Waals surface area contributed by atoms with Crippen molar-refractivity contribution in [2.75, 3.05) is 5.32 Å². The van der Waals surface area contributed by atoms with Gasteiger partial charge in [-0.2, -0.15) is 0 Å². The number of nitrogens with one attached hydrogen (secondary N) is 4. The number of amides is 3. The first-order valence-corrected chi connectivity index (χ1v) is 9.05.